The van der Waals surface area contributed by atoms with Gasteiger partial charge in [0.15, 0.2) is 0 Å². The van der Waals surface area contributed by atoms with Gasteiger partial charge >= 0.3 is 0 Å². The number of anilines is 4. The number of rotatable bonds is 5. The van der Waals surface area contributed by atoms with Crippen LogP contribution in [0.15, 0.2) is 41.8 Å². The topological polar surface area (TPSA) is 70.2 Å². The number of carbonyl (C=O) groups is 1. The summed E-state index contributed by atoms with van der Waals surface area (Å²) in [6.07, 6.45) is 2.39. The van der Waals surface area contributed by atoms with Gasteiger partial charge in [0.1, 0.15) is 5.82 Å². The zero-order valence-electron chi connectivity index (χ0n) is 16.0. The second-order valence-corrected chi connectivity index (χ2v) is 7.94. The van der Waals surface area contributed by atoms with Crippen molar-refractivity contribution < 1.29 is 4.79 Å². The molecule has 3 aromatic rings. The molecule has 28 heavy (non-hydrogen) atoms. The fourth-order valence-corrected chi connectivity index (χ4v) is 4.00. The molecular weight excluding hydrogens is 370 g/mol. The van der Waals surface area contributed by atoms with Crippen molar-refractivity contribution in [3.05, 3.63) is 57.9 Å². The van der Waals surface area contributed by atoms with Crippen LogP contribution in [0.3, 0.4) is 0 Å². The minimum atomic E-state index is -0.0829. The van der Waals surface area contributed by atoms with Gasteiger partial charge in [-0.1, -0.05) is 0 Å². The van der Waals surface area contributed by atoms with Gasteiger partial charge in [-0.2, -0.15) is 4.98 Å². The fraction of sp³-hybridized carbons (Fsp3) is 0.286. The van der Waals surface area contributed by atoms with Gasteiger partial charge in [-0.15, -0.1) is 11.3 Å². The molecule has 0 radical (unpaired) electrons. The van der Waals surface area contributed by atoms with E-state index in [1.165, 1.54) is 24.2 Å². The molecule has 1 saturated heterocycles. The molecule has 3 heterocycles. The van der Waals surface area contributed by atoms with Crippen LogP contribution in [0, 0.1) is 13.8 Å². The third-order valence-electron chi connectivity index (χ3n) is 4.60. The van der Waals surface area contributed by atoms with E-state index in [1.54, 1.807) is 0 Å². The average Bonchev–Trinajstić information content (AvgIpc) is 3.35. The van der Waals surface area contributed by atoms with Gasteiger partial charge in [0.05, 0.1) is 4.88 Å². The maximum absolute atomic E-state index is 12.3. The van der Waals surface area contributed by atoms with Gasteiger partial charge in [0.2, 0.25) is 5.95 Å². The molecule has 1 aromatic carbocycles. The maximum atomic E-state index is 12.3. The zero-order chi connectivity index (χ0) is 19.5. The Labute approximate surface area is 168 Å². The minimum Gasteiger partial charge on any atom is -0.341 e. The summed E-state index contributed by atoms with van der Waals surface area (Å²) in [6.45, 7) is 6.00. The molecule has 0 unspecified atom stereocenters. The molecule has 6 nitrogen and oxygen atoms in total. The quantitative estimate of drug-likeness (QED) is 0.654. The highest BCUT2D eigenvalue weighted by Gasteiger charge is 2.16. The van der Waals surface area contributed by atoms with Crippen LogP contribution in [0.5, 0.6) is 0 Å². The van der Waals surface area contributed by atoms with Crippen molar-refractivity contribution in [3.63, 3.8) is 0 Å². The second kappa shape index (κ2) is 7.98. The Balaban J connectivity index is 1.43. The Morgan fingerprint density at radius 1 is 1.04 bits per heavy atom. The molecule has 2 N–H and O–H groups in total. The molecule has 0 aliphatic carbocycles. The highest BCUT2D eigenvalue weighted by atomic mass is 32.1. The van der Waals surface area contributed by atoms with Crippen LogP contribution >= 0.6 is 11.3 Å². The molecule has 0 saturated carbocycles. The van der Waals surface area contributed by atoms with Crippen molar-refractivity contribution in [1.29, 1.82) is 0 Å². The summed E-state index contributed by atoms with van der Waals surface area (Å²) < 4.78 is 0. The summed E-state index contributed by atoms with van der Waals surface area (Å²) in [4.78, 5) is 24.4. The van der Waals surface area contributed by atoms with E-state index >= 15 is 0 Å². The summed E-state index contributed by atoms with van der Waals surface area (Å²) in [5.74, 6) is 1.48. The molecular formula is C21H23N5OS. The zero-order valence-corrected chi connectivity index (χ0v) is 16.8. The largest absolute Gasteiger partial charge is 0.341 e. The normalized spacial score (nSPS) is 13.6. The number of hydrogen-bond acceptors (Lipinski definition) is 6. The van der Waals surface area contributed by atoms with Crippen molar-refractivity contribution in [2.24, 2.45) is 0 Å². The van der Waals surface area contributed by atoms with E-state index in [2.05, 4.69) is 25.5 Å². The maximum Gasteiger partial charge on any atom is 0.265 e. The van der Waals surface area contributed by atoms with Gasteiger partial charge in [-0.05, 0) is 68.0 Å². The highest BCUT2D eigenvalue weighted by Crippen LogP contribution is 2.23. The van der Waals surface area contributed by atoms with Gasteiger partial charge in [-0.25, -0.2) is 4.98 Å². The van der Waals surface area contributed by atoms with Crippen molar-refractivity contribution in [2.75, 3.05) is 28.6 Å². The molecule has 0 atom stereocenters. The number of carbonyl (C=O) groups excluding carboxylic acids is 1. The summed E-state index contributed by atoms with van der Waals surface area (Å²) in [5.41, 5.74) is 3.71. The minimum absolute atomic E-state index is 0.0829. The van der Waals surface area contributed by atoms with E-state index in [-0.39, 0.29) is 5.91 Å². The van der Waals surface area contributed by atoms with Gasteiger partial charge in [-0.3, -0.25) is 4.79 Å². The highest BCUT2D eigenvalue weighted by molar-refractivity contribution is 7.12. The van der Waals surface area contributed by atoms with Crippen LogP contribution in [0.1, 0.15) is 33.8 Å². The van der Waals surface area contributed by atoms with Crippen molar-refractivity contribution in [3.8, 4) is 0 Å². The Morgan fingerprint density at radius 2 is 1.75 bits per heavy atom. The number of amides is 1. The number of hydrogen-bond donors (Lipinski definition) is 2. The number of benzene rings is 1. The Bertz CT molecular complexity index is 977. The van der Waals surface area contributed by atoms with E-state index in [4.69, 9.17) is 0 Å². The van der Waals surface area contributed by atoms with E-state index in [0.29, 0.717) is 4.88 Å². The first-order valence-electron chi connectivity index (χ1n) is 9.41. The molecule has 144 valence electrons. The lowest BCUT2D eigenvalue weighted by atomic mass is 10.2. The molecule has 0 bridgehead atoms. The molecule has 4 rings (SSSR count). The average molecular weight is 394 g/mol. The van der Waals surface area contributed by atoms with Gasteiger partial charge in [0, 0.05) is 36.2 Å². The number of thiophene rings is 1. The third-order valence-corrected chi connectivity index (χ3v) is 5.65. The number of aryl methyl sites for hydroxylation is 2. The summed E-state index contributed by atoms with van der Waals surface area (Å²) >= 11 is 1.45. The van der Waals surface area contributed by atoms with E-state index in [1.807, 2.05) is 55.6 Å². The number of nitrogens with zero attached hydrogens (tertiary/aromatic N) is 3. The molecule has 1 fully saturated rings. The van der Waals surface area contributed by atoms with Crippen molar-refractivity contribution in [1.82, 2.24) is 9.97 Å². The summed E-state index contributed by atoms with van der Waals surface area (Å²) in [5, 5.41) is 8.24. The molecule has 1 amide bonds. The van der Waals surface area contributed by atoms with Crippen LogP contribution in [0.4, 0.5) is 23.1 Å². The first-order chi connectivity index (χ1) is 13.6. The first-order valence-corrected chi connectivity index (χ1v) is 10.3. The van der Waals surface area contributed by atoms with Crippen LogP contribution in [-0.2, 0) is 0 Å². The van der Waals surface area contributed by atoms with Crippen LogP contribution < -0.4 is 15.5 Å². The first kappa shape index (κ1) is 18.4. The Morgan fingerprint density at radius 3 is 2.43 bits per heavy atom. The van der Waals surface area contributed by atoms with E-state index < -0.39 is 0 Å². The molecule has 1 aliphatic heterocycles. The summed E-state index contributed by atoms with van der Waals surface area (Å²) in [6, 6.07) is 11.5. The van der Waals surface area contributed by atoms with Crippen LogP contribution in [0.2, 0.25) is 0 Å². The third kappa shape index (κ3) is 4.31. The number of aromatic nitrogens is 2. The molecule has 0 spiro atoms. The smallest absolute Gasteiger partial charge is 0.265 e. The fourth-order valence-electron chi connectivity index (χ4n) is 3.20. The standard InChI is InChI=1S/C21H23N5OS/c1-14-11-18(28-13-14)20(27)24-17-7-5-16(6-8-17)23-19-12-15(2)22-21(25-19)26-9-3-4-10-26/h5-8,11-13H,3-4,9-10H2,1-2H3,(H,24,27)(H,22,23,25). The van der Waals surface area contributed by atoms with E-state index in [0.717, 1.165) is 47.5 Å². The van der Waals surface area contributed by atoms with Gasteiger partial charge < -0.3 is 15.5 Å². The lowest BCUT2D eigenvalue weighted by molar-refractivity contribution is 0.103. The van der Waals surface area contributed by atoms with Crippen LogP contribution in [-0.4, -0.2) is 29.0 Å². The van der Waals surface area contributed by atoms with Crippen molar-refractivity contribution >= 4 is 40.4 Å². The van der Waals surface area contributed by atoms with Crippen LogP contribution in [0.25, 0.3) is 0 Å². The predicted molar refractivity (Wildman–Crippen MR) is 115 cm³/mol. The lowest BCUT2D eigenvalue weighted by Crippen LogP contribution is -2.21. The monoisotopic (exact) mass is 393 g/mol. The van der Waals surface area contributed by atoms with Gasteiger partial charge in [0.25, 0.3) is 5.91 Å². The summed E-state index contributed by atoms with van der Waals surface area (Å²) in [7, 11) is 0. The second-order valence-electron chi connectivity index (χ2n) is 7.03. The van der Waals surface area contributed by atoms with Crippen molar-refractivity contribution in [2.45, 2.75) is 26.7 Å². The SMILES string of the molecule is Cc1csc(C(=O)Nc2ccc(Nc3cc(C)nc(N4CCCC4)n3)cc2)c1. The Hall–Kier alpha value is -2.93. The molecule has 1 aliphatic rings. The molecule has 2 aromatic heterocycles. The lowest BCUT2D eigenvalue weighted by Gasteiger charge is -2.17. The predicted octanol–water partition coefficient (Wildman–Crippen LogP) is 4.75. The van der Waals surface area contributed by atoms with E-state index in [9.17, 15) is 4.79 Å². The Kier molecular flexibility index (Phi) is 5.25. The number of nitrogens with one attached hydrogen (secondary N) is 2. The molecule has 7 heteroatoms.